The van der Waals surface area contributed by atoms with E-state index in [9.17, 15) is 13.6 Å². The Morgan fingerprint density at radius 3 is 2.70 bits per heavy atom. The van der Waals surface area contributed by atoms with Crippen molar-refractivity contribution >= 4 is 17.7 Å². The van der Waals surface area contributed by atoms with Gasteiger partial charge in [0.2, 0.25) is 11.8 Å². The van der Waals surface area contributed by atoms with Crippen LogP contribution in [0, 0.1) is 5.92 Å². The lowest BCUT2D eigenvalue weighted by atomic mass is 9.91. The number of piperidine rings is 1. The summed E-state index contributed by atoms with van der Waals surface area (Å²) >= 11 is 0. The van der Waals surface area contributed by atoms with E-state index in [0.29, 0.717) is 31.1 Å². The van der Waals surface area contributed by atoms with Crippen molar-refractivity contribution in [1.82, 2.24) is 25.1 Å². The predicted octanol–water partition coefficient (Wildman–Crippen LogP) is 4.35. The molecule has 10 nitrogen and oxygen atoms in total. The second-order valence-electron chi connectivity index (χ2n) is 9.11. The number of alkyl halides is 2. The molecule has 1 saturated heterocycles. The lowest BCUT2D eigenvalue weighted by molar-refractivity contribution is -0.0528. The van der Waals surface area contributed by atoms with E-state index >= 15 is 0 Å². The van der Waals surface area contributed by atoms with Crippen LogP contribution < -0.4 is 14.8 Å². The minimum atomic E-state index is -2.95. The summed E-state index contributed by atoms with van der Waals surface area (Å²) in [6.07, 6.45) is 3.72. The van der Waals surface area contributed by atoms with Gasteiger partial charge in [-0.1, -0.05) is 13.8 Å². The molecule has 3 rings (SSSR count). The molecule has 0 saturated carbocycles. The van der Waals surface area contributed by atoms with Gasteiger partial charge in [-0.15, -0.1) is 0 Å². The van der Waals surface area contributed by atoms with Gasteiger partial charge in [-0.25, -0.2) is 9.89 Å². The van der Waals surface area contributed by atoms with Crippen molar-refractivity contribution in [2.45, 2.75) is 71.8 Å². The van der Waals surface area contributed by atoms with Crippen LogP contribution in [0.1, 0.15) is 47.5 Å². The van der Waals surface area contributed by atoms with Crippen LogP contribution in [0.4, 0.5) is 25.2 Å². The second-order valence-corrected chi connectivity index (χ2v) is 9.11. The van der Waals surface area contributed by atoms with Crippen LogP contribution in [0.3, 0.4) is 0 Å². The highest BCUT2D eigenvalue weighted by atomic mass is 19.3. The highest BCUT2D eigenvalue weighted by molar-refractivity contribution is 5.68. The maximum absolute atomic E-state index is 12.6. The average molecular weight is 469 g/mol. The quantitative estimate of drug-likeness (QED) is 0.617. The molecule has 2 N–H and O–H groups in total. The summed E-state index contributed by atoms with van der Waals surface area (Å²) in [5.74, 6) is 0.909. The first-order chi connectivity index (χ1) is 15.5. The smallest absolute Gasteiger partial charge is 0.410 e. The van der Waals surface area contributed by atoms with Gasteiger partial charge in [0.05, 0.1) is 12.4 Å². The molecule has 182 valence electrons. The number of halogens is 2. The fourth-order valence-corrected chi connectivity index (χ4v) is 3.54. The summed E-state index contributed by atoms with van der Waals surface area (Å²) in [4.78, 5) is 22.9. The highest BCUT2D eigenvalue weighted by Gasteiger charge is 2.36. The number of aromatic nitrogens is 4. The zero-order valence-electron chi connectivity index (χ0n) is 19.3. The first-order valence-electron chi connectivity index (χ1n) is 10.8. The average Bonchev–Trinajstić information content (AvgIpc) is 3.12. The fraction of sp³-hybridized carbons (Fsp3) is 0.619. The van der Waals surface area contributed by atoms with E-state index < -0.39 is 12.2 Å². The number of likely N-dealkylation sites (tertiary alicyclic amines) is 1. The topological polar surface area (TPSA) is 114 Å². The molecule has 0 bridgehead atoms. The monoisotopic (exact) mass is 468 g/mol. The number of hydrogen-bond acceptors (Lipinski definition) is 8. The van der Waals surface area contributed by atoms with Crippen molar-refractivity contribution in [3.8, 4) is 11.8 Å². The first-order valence-corrected chi connectivity index (χ1v) is 10.8. The maximum Gasteiger partial charge on any atom is 0.410 e. The van der Waals surface area contributed by atoms with Gasteiger partial charge in [0.1, 0.15) is 11.7 Å². The lowest BCUT2D eigenvalue weighted by Gasteiger charge is -2.41. The molecule has 2 aromatic rings. The van der Waals surface area contributed by atoms with Gasteiger partial charge in [0, 0.05) is 31.5 Å². The Hall–Kier alpha value is -3.18. The molecule has 1 amide bonds. The zero-order chi connectivity index (χ0) is 24.2. The van der Waals surface area contributed by atoms with Crippen LogP contribution in [0.5, 0.6) is 11.8 Å². The van der Waals surface area contributed by atoms with Crippen molar-refractivity contribution in [2.24, 2.45) is 5.92 Å². The molecule has 33 heavy (non-hydrogen) atoms. The SMILES string of the molecule is CC(C)[C@H]1C[C@H](Oc2cncc(Nc3cc(OC(F)F)[nH]n3)n2)CCN1C(=O)OC(C)(C)C. The minimum absolute atomic E-state index is 0.0369. The maximum atomic E-state index is 12.6. The van der Waals surface area contributed by atoms with E-state index in [1.165, 1.54) is 18.5 Å². The molecular weight excluding hydrogens is 438 g/mol. The van der Waals surface area contributed by atoms with Crippen molar-refractivity contribution in [1.29, 1.82) is 0 Å². The Bertz CT molecular complexity index is 933. The number of hydrogen-bond donors (Lipinski definition) is 2. The zero-order valence-corrected chi connectivity index (χ0v) is 19.3. The van der Waals surface area contributed by atoms with E-state index in [2.05, 4.69) is 44.1 Å². The number of amides is 1. The molecule has 2 atom stereocenters. The van der Waals surface area contributed by atoms with Crippen LogP contribution in [0.15, 0.2) is 18.5 Å². The van der Waals surface area contributed by atoms with Crippen LogP contribution in [-0.4, -0.2) is 62.1 Å². The van der Waals surface area contributed by atoms with Crippen LogP contribution in [0.2, 0.25) is 0 Å². The number of rotatable bonds is 7. The third kappa shape index (κ3) is 7.16. The number of H-pyrrole nitrogens is 1. The number of anilines is 2. The molecule has 3 heterocycles. The van der Waals surface area contributed by atoms with E-state index in [4.69, 9.17) is 9.47 Å². The van der Waals surface area contributed by atoms with E-state index in [-0.39, 0.29) is 35.9 Å². The number of ether oxygens (including phenoxy) is 3. The Labute approximate surface area is 191 Å². The molecule has 0 aliphatic carbocycles. The van der Waals surface area contributed by atoms with Crippen molar-refractivity contribution < 1.29 is 27.8 Å². The Kier molecular flexibility index (Phi) is 7.54. The molecule has 0 aromatic carbocycles. The van der Waals surface area contributed by atoms with E-state index in [1.54, 1.807) is 4.90 Å². The summed E-state index contributed by atoms with van der Waals surface area (Å²) in [6.45, 7) is 7.22. The van der Waals surface area contributed by atoms with Crippen LogP contribution >= 0.6 is 0 Å². The van der Waals surface area contributed by atoms with Gasteiger partial charge in [0.15, 0.2) is 11.6 Å². The standard InChI is InChI=1S/C21H30F2N6O4/c1-12(2)14-8-13(6-7-29(14)20(30)33-21(3,4)5)31-18-11-24-10-16(26-18)25-15-9-17(28-27-15)32-19(22)23/h9-14,19H,6-8H2,1-5H3,(H2,25,26,27,28)/t13-,14-/m1/s1. The normalized spacial score (nSPS) is 19.0. The van der Waals surface area contributed by atoms with Gasteiger partial charge in [-0.05, 0) is 26.7 Å². The largest absolute Gasteiger partial charge is 0.473 e. The van der Waals surface area contributed by atoms with Crippen molar-refractivity contribution in [3.63, 3.8) is 0 Å². The highest BCUT2D eigenvalue weighted by Crippen LogP contribution is 2.28. The summed E-state index contributed by atoms with van der Waals surface area (Å²) in [5, 5.41) is 9.04. The molecule has 0 radical (unpaired) electrons. The minimum Gasteiger partial charge on any atom is -0.473 e. The second kappa shape index (κ2) is 10.2. The number of carbonyl (C=O) groups excluding carboxylic acids is 1. The third-order valence-corrected chi connectivity index (χ3v) is 4.92. The van der Waals surface area contributed by atoms with Crippen molar-refractivity contribution in [3.05, 3.63) is 18.5 Å². The molecule has 2 aromatic heterocycles. The van der Waals surface area contributed by atoms with Gasteiger partial charge in [-0.3, -0.25) is 4.98 Å². The number of nitrogens with zero attached hydrogens (tertiary/aromatic N) is 4. The molecule has 1 aliphatic rings. The number of aromatic amines is 1. The van der Waals surface area contributed by atoms with E-state index in [1.807, 2.05) is 20.8 Å². The number of nitrogens with one attached hydrogen (secondary N) is 2. The van der Waals surface area contributed by atoms with Gasteiger partial charge in [0.25, 0.3) is 0 Å². The fourth-order valence-electron chi connectivity index (χ4n) is 3.54. The molecular formula is C21H30F2N6O4. The van der Waals surface area contributed by atoms with Gasteiger partial charge in [-0.2, -0.15) is 18.9 Å². The molecule has 0 spiro atoms. The van der Waals surface area contributed by atoms with Crippen LogP contribution in [0.25, 0.3) is 0 Å². The first kappa shape index (κ1) is 24.5. The summed E-state index contributed by atoms with van der Waals surface area (Å²) in [7, 11) is 0. The van der Waals surface area contributed by atoms with Crippen LogP contribution in [-0.2, 0) is 4.74 Å². The molecule has 1 aliphatic heterocycles. The lowest BCUT2D eigenvalue weighted by Crippen LogP contribution is -2.52. The molecule has 12 heteroatoms. The predicted molar refractivity (Wildman–Crippen MR) is 116 cm³/mol. The number of carbonyl (C=O) groups is 1. The van der Waals surface area contributed by atoms with Crippen molar-refractivity contribution in [2.75, 3.05) is 11.9 Å². The third-order valence-electron chi connectivity index (χ3n) is 4.92. The molecule has 0 unspecified atom stereocenters. The van der Waals surface area contributed by atoms with Gasteiger partial charge < -0.3 is 24.4 Å². The van der Waals surface area contributed by atoms with Gasteiger partial charge >= 0.3 is 12.7 Å². The van der Waals surface area contributed by atoms with E-state index in [0.717, 1.165) is 0 Å². The Balaban J connectivity index is 1.62. The Morgan fingerprint density at radius 2 is 2.03 bits per heavy atom. The summed E-state index contributed by atoms with van der Waals surface area (Å²) in [6, 6.07) is 1.24. The summed E-state index contributed by atoms with van der Waals surface area (Å²) < 4.78 is 40.5. The summed E-state index contributed by atoms with van der Waals surface area (Å²) in [5.41, 5.74) is -0.560. The molecule has 1 fully saturated rings. The Morgan fingerprint density at radius 1 is 1.27 bits per heavy atom.